The zero-order valence-corrected chi connectivity index (χ0v) is 14.7. The van der Waals surface area contributed by atoms with Gasteiger partial charge in [-0.1, -0.05) is 35.3 Å². The maximum Gasteiger partial charge on any atom is 0.251 e. The molecule has 1 N–H and O–H groups in total. The smallest absolute Gasteiger partial charge is 0.251 e. The van der Waals surface area contributed by atoms with Gasteiger partial charge in [0.25, 0.3) is 5.91 Å². The van der Waals surface area contributed by atoms with Gasteiger partial charge >= 0.3 is 0 Å². The van der Waals surface area contributed by atoms with E-state index in [-0.39, 0.29) is 11.9 Å². The van der Waals surface area contributed by atoms with Gasteiger partial charge in [0.15, 0.2) is 0 Å². The number of nitrogens with one attached hydrogen (secondary N) is 1. The second-order valence-corrected chi connectivity index (χ2v) is 6.87. The van der Waals surface area contributed by atoms with E-state index >= 15 is 0 Å². The number of carbonyl (C=O) groups excluding carboxylic acids is 1. The van der Waals surface area contributed by atoms with Gasteiger partial charge < -0.3 is 5.32 Å². The second-order valence-electron chi connectivity index (χ2n) is 6.04. The molecule has 126 valence electrons. The second kappa shape index (κ2) is 7.97. The molecule has 0 unspecified atom stereocenters. The van der Waals surface area contributed by atoms with Gasteiger partial charge in [-0.3, -0.25) is 9.69 Å². The van der Waals surface area contributed by atoms with Crippen LogP contribution in [0.1, 0.15) is 28.8 Å². The number of pyridine rings is 1. The Morgan fingerprint density at radius 2 is 2.04 bits per heavy atom. The van der Waals surface area contributed by atoms with Crippen LogP contribution in [0.3, 0.4) is 0 Å². The first-order valence-corrected chi connectivity index (χ1v) is 8.75. The van der Waals surface area contributed by atoms with Gasteiger partial charge in [-0.05, 0) is 49.2 Å². The highest BCUT2D eigenvalue weighted by atomic mass is 35.5. The highest BCUT2D eigenvalue weighted by molar-refractivity contribution is 6.30. The van der Waals surface area contributed by atoms with Crippen molar-refractivity contribution in [3.8, 4) is 0 Å². The Morgan fingerprint density at radius 1 is 1.25 bits per heavy atom. The predicted octanol–water partition coefficient (Wildman–Crippen LogP) is 3.78. The molecule has 2 heterocycles. The van der Waals surface area contributed by atoms with Gasteiger partial charge in [0.1, 0.15) is 5.15 Å². The molecule has 24 heavy (non-hydrogen) atoms. The molecule has 0 spiro atoms. The standard InChI is InChI=1S/C18H19Cl2N3O/c19-15-5-3-13(4-6-15)11-23-9-1-2-16(12-23)22-18(24)14-7-8-21-17(20)10-14/h3-8,10,16H,1-2,9,11-12H2,(H,22,24)/t16-/m0/s1. The number of hydrogen-bond donors (Lipinski definition) is 1. The molecule has 0 radical (unpaired) electrons. The number of aromatic nitrogens is 1. The van der Waals surface area contributed by atoms with Gasteiger partial charge in [0.05, 0.1) is 0 Å². The quantitative estimate of drug-likeness (QED) is 0.840. The van der Waals surface area contributed by atoms with Crippen LogP contribution < -0.4 is 5.32 Å². The van der Waals surface area contributed by atoms with E-state index < -0.39 is 0 Å². The molecule has 1 aromatic carbocycles. The van der Waals surface area contributed by atoms with Crippen molar-refractivity contribution in [1.82, 2.24) is 15.2 Å². The first-order valence-electron chi connectivity index (χ1n) is 7.99. The summed E-state index contributed by atoms with van der Waals surface area (Å²) in [7, 11) is 0. The minimum absolute atomic E-state index is 0.0994. The number of rotatable bonds is 4. The number of amides is 1. The fourth-order valence-corrected chi connectivity index (χ4v) is 3.28. The van der Waals surface area contributed by atoms with E-state index in [0.29, 0.717) is 10.7 Å². The number of halogens is 2. The molecule has 1 saturated heterocycles. The van der Waals surface area contributed by atoms with Crippen LogP contribution in [0.2, 0.25) is 10.2 Å². The number of piperidine rings is 1. The normalized spacial score (nSPS) is 18.3. The van der Waals surface area contributed by atoms with Crippen LogP contribution in [-0.2, 0) is 6.54 Å². The van der Waals surface area contributed by atoms with Gasteiger partial charge in [-0.15, -0.1) is 0 Å². The fraction of sp³-hybridized carbons (Fsp3) is 0.333. The summed E-state index contributed by atoms with van der Waals surface area (Å²) in [5, 5.41) is 4.18. The molecule has 2 aromatic rings. The molecule has 1 amide bonds. The Morgan fingerprint density at radius 3 is 2.79 bits per heavy atom. The number of benzene rings is 1. The number of hydrogen-bond acceptors (Lipinski definition) is 3. The van der Waals surface area contributed by atoms with Crippen molar-refractivity contribution in [2.24, 2.45) is 0 Å². The molecular weight excluding hydrogens is 345 g/mol. The van der Waals surface area contributed by atoms with Gasteiger partial charge in [-0.25, -0.2) is 4.98 Å². The van der Waals surface area contributed by atoms with E-state index in [1.54, 1.807) is 18.3 Å². The zero-order valence-electron chi connectivity index (χ0n) is 13.2. The molecule has 0 aliphatic carbocycles. The van der Waals surface area contributed by atoms with Crippen LogP contribution in [0.5, 0.6) is 0 Å². The summed E-state index contributed by atoms with van der Waals surface area (Å²) in [4.78, 5) is 18.6. The summed E-state index contributed by atoms with van der Waals surface area (Å²) in [5.74, 6) is -0.0994. The Hall–Kier alpha value is -1.62. The SMILES string of the molecule is O=C(N[C@H]1CCCN(Cc2ccc(Cl)cc2)C1)c1ccnc(Cl)c1. The van der Waals surface area contributed by atoms with Crippen molar-refractivity contribution in [1.29, 1.82) is 0 Å². The van der Waals surface area contributed by atoms with Crippen molar-refractivity contribution in [3.63, 3.8) is 0 Å². The molecule has 1 aromatic heterocycles. The van der Waals surface area contributed by atoms with Crippen molar-refractivity contribution < 1.29 is 4.79 Å². The molecule has 4 nitrogen and oxygen atoms in total. The maximum atomic E-state index is 12.3. The van der Waals surface area contributed by atoms with Crippen LogP contribution in [0, 0.1) is 0 Å². The lowest BCUT2D eigenvalue weighted by Crippen LogP contribution is -2.47. The van der Waals surface area contributed by atoms with Crippen molar-refractivity contribution in [2.75, 3.05) is 13.1 Å². The Balaban J connectivity index is 1.57. The lowest BCUT2D eigenvalue weighted by molar-refractivity contribution is 0.0900. The van der Waals surface area contributed by atoms with E-state index in [1.807, 2.05) is 24.3 Å². The molecule has 1 aliphatic heterocycles. The van der Waals surface area contributed by atoms with Crippen molar-refractivity contribution in [2.45, 2.75) is 25.4 Å². The Bertz CT molecular complexity index is 706. The van der Waals surface area contributed by atoms with Crippen LogP contribution in [0.25, 0.3) is 0 Å². The van der Waals surface area contributed by atoms with E-state index in [9.17, 15) is 4.79 Å². The van der Waals surface area contributed by atoms with Crippen molar-refractivity contribution in [3.05, 3.63) is 63.9 Å². The average Bonchev–Trinajstić information content (AvgIpc) is 2.57. The number of likely N-dealkylation sites (tertiary alicyclic amines) is 1. The molecule has 0 bridgehead atoms. The maximum absolute atomic E-state index is 12.3. The number of carbonyl (C=O) groups is 1. The zero-order chi connectivity index (χ0) is 16.9. The number of nitrogens with zero attached hydrogens (tertiary/aromatic N) is 2. The molecule has 0 saturated carbocycles. The van der Waals surface area contributed by atoms with Gasteiger partial charge in [-0.2, -0.15) is 0 Å². The first kappa shape index (κ1) is 17.2. The molecule has 1 aliphatic rings. The third-order valence-electron chi connectivity index (χ3n) is 4.15. The summed E-state index contributed by atoms with van der Waals surface area (Å²) in [6.07, 6.45) is 3.60. The third kappa shape index (κ3) is 4.69. The van der Waals surface area contributed by atoms with Gasteiger partial charge in [0, 0.05) is 35.9 Å². The van der Waals surface area contributed by atoms with E-state index in [1.165, 1.54) is 5.56 Å². The van der Waals surface area contributed by atoms with Crippen LogP contribution in [-0.4, -0.2) is 34.9 Å². The topological polar surface area (TPSA) is 45.2 Å². The molecule has 3 rings (SSSR count). The van der Waals surface area contributed by atoms with E-state index in [0.717, 1.165) is 37.5 Å². The van der Waals surface area contributed by atoms with E-state index in [4.69, 9.17) is 23.2 Å². The summed E-state index contributed by atoms with van der Waals surface area (Å²) < 4.78 is 0. The van der Waals surface area contributed by atoms with Gasteiger partial charge in [0.2, 0.25) is 0 Å². The monoisotopic (exact) mass is 363 g/mol. The summed E-state index contributed by atoms with van der Waals surface area (Å²) in [6.45, 7) is 2.74. The highest BCUT2D eigenvalue weighted by Crippen LogP contribution is 2.16. The summed E-state index contributed by atoms with van der Waals surface area (Å²) in [6, 6.07) is 11.3. The first-order chi connectivity index (χ1) is 11.6. The largest absolute Gasteiger partial charge is 0.348 e. The fourth-order valence-electron chi connectivity index (χ4n) is 2.98. The molecule has 6 heteroatoms. The van der Waals surface area contributed by atoms with Crippen molar-refractivity contribution >= 4 is 29.1 Å². The van der Waals surface area contributed by atoms with Crippen LogP contribution in [0.4, 0.5) is 0 Å². The minimum atomic E-state index is -0.0994. The summed E-state index contributed by atoms with van der Waals surface area (Å²) >= 11 is 11.8. The van der Waals surface area contributed by atoms with Crippen LogP contribution in [0.15, 0.2) is 42.6 Å². The highest BCUT2D eigenvalue weighted by Gasteiger charge is 2.22. The van der Waals surface area contributed by atoms with Crippen LogP contribution >= 0.6 is 23.2 Å². The molecule has 1 atom stereocenters. The lowest BCUT2D eigenvalue weighted by atomic mass is 10.0. The minimum Gasteiger partial charge on any atom is -0.348 e. The Kier molecular flexibility index (Phi) is 5.72. The predicted molar refractivity (Wildman–Crippen MR) is 96.5 cm³/mol. The summed E-state index contributed by atoms with van der Waals surface area (Å²) in [5.41, 5.74) is 1.78. The molecule has 1 fully saturated rings. The van der Waals surface area contributed by atoms with E-state index in [2.05, 4.69) is 15.2 Å². The molecular formula is C18H19Cl2N3O. The third-order valence-corrected chi connectivity index (χ3v) is 4.61. The average molecular weight is 364 g/mol. The Labute approximate surface area is 151 Å². The lowest BCUT2D eigenvalue weighted by Gasteiger charge is -2.33.